The van der Waals surface area contributed by atoms with Gasteiger partial charge in [0.1, 0.15) is 11.5 Å². The fraction of sp³-hybridized carbons (Fsp3) is 0.179. The van der Waals surface area contributed by atoms with E-state index in [-0.39, 0.29) is 11.3 Å². The molecule has 1 amide bonds. The van der Waals surface area contributed by atoms with Crippen LogP contribution in [-0.4, -0.2) is 28.9 Å². The number of aryl methyl sites for hydroxylation is 3. The summed E-state index contributed by atoms with van der Waals surface area (Å²) in [5, 5.41) is 11.8. The molecule has 0 aliphatic carbocycles. The van der Waals surface area contributed by atoms with E-state index < -0.39 is 17.7 Å². The largest absolute Gasteiger partial charge is 0.507 e. The maximum Gasteiger partial charge on any atom is 0.301 e. The van der Waals surface area contributed by atoms with Gasteiger partial charge in [0.2, 0.25) is 0 Å². The Morgan fingerprint density at radius 1 is 1.03 bits per heavy atom. The lowest BCUT2D eigenvalue weighted by molar-refractivity contribution is -0.132. The molecule has 1 aromatic heterocycles. The molecule has 1 unspecified atom stereocenters. The first-order valence-electron chi connectivity index (χ1n) is 11.3. The second-order valence-electron chi connectivity index (χ2n) is 8.83. The van der Waals surface area contributed by atoms with E-state index in [1.54, 1.807) is 25.3 Å². The van der Waals surface area contributed by atoms with Crippen LogP contribution < -0.4 is 9.64 Å². The number of hydrogen-bond acceptors (Lipinski definition) is 6. The van der Waals surface area contributed by atoms with E-state index in [9.17, 15) is 14.7 Å². The number of ketones is 1. The molecule has 4 aromatic rings. The van der Waals surface area contributed by atoms with Gasteiger partial charge in [0, 0.05) is 10.0 Å². The lowest BCUT2D eigenvalue weighted by Crippen LogP contribution is -2.29. The molecule has 3 aromatic carbocycles. The quantitative estimate of drug-likeness (QED) is 0.172. The van der Waals surface area contributed by atoms with Gasteiger partial charge in [-0.2, -0.15) is 0 Å². The summed E-state index contributed by atoms with van der Waals surface area (Å²) in [7, 11) is 1.57. The Bertz CT molecular complexity index is 1570. The van der Waals surface area contributed by atoms with Crippen LogP contribution in [0.25, 0.3) is 16.0 Å². The van der Waals surface area contributed by atoms with Gasteiger partial charge < -0.3 is 9.84 Å². The number of aromatic nitrogens is 1. The lowest BCUT2D eigenvalue weighted by Gasteiger charge is -2.23. The average Bonchev–Trinajstić information content (AvgIpc) is 3.38. The van der Waals surface area contributed by atoms with Crippen molar-refractivity contribution in [1.29, 1.82) is 0 Å². The Kier molecular flexibility index (Phi) is 6.18. The summed E-state index contributed by atoms with van der Waals surface area (Å²) < 4.78 is 7.12. The van der Waals surface area contributed by atoms with Crippen LogP contribution >= 0.6 is 27.3 Å². The standard InChI is InChI=1S/C28H23BrN2O4S/c1-14-11-16(3)23-21(12-14)36-28(30-23)31-24(17-5-8-19(29)9-6-17)22(26(33)27(31)34)25(32)18-7-10-20(35-4)15(2)13-18/h5-13,24,32H,1-4H3. The number of amides is 1. The third-order valence-electron chi connectivity index (χ3n) is 6.32. The number of ether oxygens (including phenoxy) is 1. The van der Waals surface area contributed by atoms with Crippen molar-refractivity contribution in [3.05, 3.63) is 92.5 Å². The molecule has 1 N–H and O–H groups in total. The number of nitrogens with zero attached hydrogens (tertiary/aromatic N) is 2. The Morgan fingerprint density at radius 3 is 2.42 bits per heavy atom. The lowest BCUT2D eigenvalue weighted by atomic mass is 9.95. The van der Waals surface area contributed by atoms with Crippen molar-refractivity contribution in [2.75, 3.05) is 12.0 Å². The van der Waals surface area contributed by atoms with E-state index in [0.717, 1.165) is 31.4 Å². The molecule has 0 radical (unpaired) electrons. The number of carbonyl (C=O) groups excluding carboxylic acids is 2. The number of Topliss-reactive ketones (excluding diaryl/α,β-unsaturated/α-hetero) is 1. The van der Waals surface area contributed by atoms with Gasteiger partial charge in [0.25, 0.3) is 5.78 Å². The number of aliphatic hydroxyl groups is 1. The number of carbonyl (C=O) groups is 2. The van der Waals surface area contributed by atoms with Crippen molar-refractivity contribution in [3.8, 4) is 5.75 Å². The van der Waals surface area contributed by atoms with Crippen molar-refractivity contribution in [3.63, 3.8) is 0 Å². The van der Waals surface area contributed by atoms with Crippen molar-refractivity contribution in [2.24, 2.45) is 0 Å². The topological polar surface area (TPSA) is 79.7 Å². The van der Waals surface area contributed by atoms with E-state index in [0.29, 0.717) is 22.0 Å². The van der Waals surface area contributed by atoms with Crippen molar-refractivity contribution in [1.82, 2.24) is 4.98 Å². The molecular formula is C28H23BrN2O4S. The summed E-state index contributed by atoms with van der Waals surface area (Å²) in [5.74, 6) is -1.04. The first kappa shape index (κ1) is 24.2. The second-order valence-corrected chi connectivity index (χ2v) is 10.8. The van der Waals surface area contributed by atoms with E-state index in [2.05, 4.69) is 15.9 Å². The van der Waals surface area contributed by atoms with Gasteiger partial charge >= 0.3 is 5.91 Å². The van der Waals surface area contributed by atoms with Crippen LogP contribution in [0, 0.1) is 20.8 Å². The summed E-state index contributed by atoms with van der Waals surface area (Å²) in [6.45, 7) is 5.84. The Hall–Kier alpha value is -3.49. The van der Waals surface area contributed by atoms with Gasteiger partial charge in [0.05, 0.1) is 28.9 Å². The zero-order valence-corrected chi connectivity index (χ0v) is 22.5. The van der Waals surface area contributed by atoms with Crippen molar-refractivity contribution in [2.45, 2.75) is 26.8 Å². The fourth-order valence-corrected chi connectivity index (χ4v) is 6.07. The van der Waals surface area contributed by atoms with Crippen molar-refractivity contribution >= 4 is 60.1 Å². The van der Waals surface area contributed by atoms with Gasteiger partial charge in [-0.3, -0.25) is 14.5 Å². The van der Waals surface area contributed by atoms with Crippen LogP contribution in [0.3, 0.4) is 0 Å². The first-order chi connectivity index (χ1) is 17.2. The molecule has 1 aliphatic rings. The average molecular weight is 563 g/mol. The van der Waals surface area contributed by atoms with E-state index in [1.807, 2.05) is 57.2 Å². The molecule has 36 heavy (non-hydrogen) atoms. The highest BCUT2D eigenvalue weighted by atomic mass is 79.9. The minimum atomic E-state index is -0.831. The third kappa shape index (κ3) is 4.00. The van der Waals surface area contributed by atoms with Crippen molar-refractivity contribution < 1.29 is 19.4 Å². The molecule has 5 rings (SSSR count). The molecule has 1 atom stereocenters. The maximum absolute atomic E-state index is 13.5. The SMILES string of the molecule is COc1ccc(C(O)=C2C(=O)C(=O)N(c3nc4c(C)cc(C)cc4s3)C2c2ccc(Br)cc2)cc1C. The highest BCUT2D eigenvalue weighted by Gasteiger charge is 2.48. The highest BCUT2D eigenvalue weighted by molar-refractivity contribution is 9.10. The summed E-state index contributed by atoms with van der Waals surface area (Å²) in [5.41, 5.74) is 4.84. The molecule has 1 fully saturated rings. The van der Waals surface area contributed by atoms with Gasteiger partial charge in [-0.05, 0) is 79.4 Å². The van der Waals surface area contributed by atoms with E-state index in [4.69, 9.17) is 9.72 Å². The zero-order chi connectivity index (χ0) is 25.7. The summed E-state index contributed by atoms with van der Waals surface area (Å²) in [6.07, 6.45) is 0. The monoisotopic (exact) mass is 562 g/mol. The van der Waals surface area contributed by atoms with Gasteiger partial charge in [0.15, 0.2) is 5.13 Å². The maximum atomic E-state index is 13.5. The number of rotatable bonds is 4. The molecule has 6 nitrogen and oxygen atoms in total. The molecule has 1 aliphatic heterocycles. The molecule has 0 saturated carbocycles. The van der Waals surface area contributed by atoms with E-state index >= 15 is 0 Å². The Balaban J connectivity index is 1.73. The van der Waals surface area contributed by atoms with Gasteiger partial charge in [-0.1, -0.05) is 45.5 Å². The molecule has 182 valence electrons. The number of aliphatic hydroxyl groups excluding tert-OH is 1. The number of halogens is 1. The number of fused-ring (bicyclic) bond motifs is 1. The van der Waals surface area contributed by atoms with Crippen LogP contribution in [0.15, 0.2) is 64.6 Å². The number of anilines is 1. The summed E-state index contributed by atoms with van der Waals surface area (Å²) in [4.78, 5) is 33.1. The number of benzene rings is 3. The van der Waals surface area contributed by atoms with Crippen LogP contribution in [0.5, 0.6) is 5.75 Å². The van der Waals surface area contributed by atoms with Gasteiger partial charge in [-0.25, -0.2) is 4.98 Å². The van der Waals surface area contributed by atoms with E-state index in [1.165, 1.54) is 16.2 Å². The van der Waals surface area contributed by atoms with Crippen LogP contribution in [0.1, 0.15) is 33.9 Å². The highest BCUT2D eigenvalue weighted by Crippen LogP contribution is 2.45. The molecule has 1 saturated heterocycles. The normalized spacial score (nSPS) is 17.2. The smallest absolute Gasteiger partial charge is 0.301 e. The zero-order valence-electron chi connectivity index (χ0n) is 20.1. The molecule has 0 spiro atoms. The second kappa shape index (κ2) is 9.19. The van der Waals surface area contributed by atoms with Gasteiger partial charge in [-0.15, -0.1) is 0 Å². The third-order valence-corrected chi connectivity index (χ3v) is 7.85. The molecule has 0 bridgehead atoms. The fourth-order valence-electron chi connectivity index (χ4n) is 4.63. The summed E-state index contributed by atoms with van der Waals surface area (Å²) in [6, 6.07) is 15.7. The number of hydrogen-bond donors (Lipinski definition) is 1. The van der Waals surface area contributed by atoms with Crippen LogP contribution in [0.4, 0.5) is 5.13 Å². The van der Waals surface area contributed by atoms with Crippen LogP contribution in [0.2, 0.25) is 0 Å². The molecule has 8 heteroatoms. The predicted octanol–water partition coefficient (Wildman–Crippen LogP) is 6.62. The predicted molar refractivity (Wildman–Crippen MR) is 146 cm³/mol. The molecule has 2 heterocycles. The first-order valence-corrected chi connectivity index (χ1v) is 12.9. The number of methoxy groups -OCH3 is 1. The summed E-state index contributed by atoms with van der Waals surface area (Å²) >= 11 is 4.81. The number of thiazole rings is 1. The molecular weight excluding hydrogens is 540 g/mol. The minimum absolute atomic E-state index is 0.0269. The van der Waals surface area contributed by atoms with Crippen LogP contribution in [-0.2, 0) is 9.59 Å². The Morgan fingerprint density at radius 2 is 1.75 bits per heavy atom. The Labute approximate surface area is 221 Å². The minimum Gasteiger partial charge on any atom is -0.507 e.